The van der Waals surface area contributed by atoms with Crippen LogP contribution in [0.15, 0.2) is 71.6 Å². The van der Waals surface area contributed by atoms with Gasteiger partial charge in [0.15, 0.2) is 0 Å². The van der Waals surface area contributed by atoms with E-state index in [4.69, 9.17) is 5.11 Å². The number of carbonyl (C=O) groups is 1. The van der Waals surface area contributed by atoms with Crippen LogP contribution in [0.5, 0.6) is 0 Å². The number of nitrogens with one attached hydrogen (secondary N) is 2. The molecule has 3 aromatic rings. The van der Waals surface area contributed by atoms with Crippen LogP contribution in [0.25, 0.3) is 0 Å². The molecule has 35 heavy (non-hydrogen) atoms. The van der Waals surface area contributed by atoms with Crippen LogP contribution in [-0.2, 0) is 26.7 Å². The first-order valence-electron chi connectivity index (χ1n) is 10.7. The van der Waals surface area contributed by atoms with Crippen LogP contribution >= 0.6 is 12.4 Å². The van der Waals surface area contributed by atoms with Crippen molar-refractivity contribution in [3.05, 3.63) is 89.4 Å². The molecule has 0 saturated carbocycles. The number of carboxylic acid groups (broad SMARTS) is 1. The Morgan fingerprint density at radius 2 is 1.69 bits per heavy atom. The number of anilines is 1. The second-order valence-electron chi connectivity index (χ2n) is 8.95. The van der Waals surface area contributed by atoms with Gasteiger partial charge in [-0.1, -0.05) is 63.2 Å². The first-order chi connectivity index (χ1) is 16.0. The average molecular weight is 522 g/mol. The number of hydrogen-bond acceptors (Lipinski definition) is 5. The molecule has 188 valence electrons. The van der Waals surface area contributed by atoms with Gasteiger partial charge in [-0.25, -0.2) is 22.5 Å². The summed E-state index contributed by atoms with van der Waals surface area (Å²) in [7, 11) is -4.21. The summed E-state index contributed by atoms with van der Waals surface area (Å²) in [5, 5.41) is 11.6. The molecule has 0 spiro atoms. The van der Waals surface area contributed by atoms with Crippen LogP contribution in [0.2, 0.25) is 0 Å². The molecular formula is C25H29ClFN3O4S. The fourth-order valence-electron chi connectivity index (χ4n) is 3.41. The Hall–Kier alpha value is -3.01. The van der Waals surface area contributed by atoms with E-state index in [1.165, 1.54) is 18.2 Å². The molecule has 0 saturated heterocycles. The van der Waals surface area contributed by atoms with Crippen molar-refractivity contribution in [3.8, 4) is 0 Å². The number of nitrogens with zero attached hydrogens (tertiary/aromatic N) is 1. The van der Waals surface area contributed by atoms with E-state index in [0.717, 1.165) is 17.2 Å². The lowest BCUT2D eigenvalue weighted by molar-refractivity contribution is -0.134. The Morgan fingerprint density at radius 1 is 1.03 bits per heavy atom. The minimum Gasteiger partial charge on any atom is -0.480 e. The zero-order chi connectivity index (χ0) is 24.9. The van der Waals surface area contributed by atoms with Gasteiger partial charge in [0, 0.05) is 0 Å². The number of pyridine rings is 1. The van der Waals surface area contributed by atoms with Gasteiger partial charge in [0.25, 0.3) is 0 Å². The number of carboxylic acids is 1. The Bertz CT molecular complexity index is 1260. The van der Waals surface area contributed by atoms with E-state index in [0.29, 0.717) is 5.69 Å². The topological polar surface area (TPSA) is 108 Å². The van der Waals surface area contributed by atoms with Gasteiger partial charge in [-0.2, -0.15) is 0 Å². The van der Waals surface area contributed by atoms with E-state index in [1.807, 2.05) is 24.3 Å². The zero-order valence-corrected chi connectivity index (χ0v) is 21.3. The number of hydrogen-bond donors (Lipinski definition) is 3. The average Bonchev–Trinajstić information content (AvgIpc) is 2.77. The van der Waals surface area contributed by atoms with Crippen LogP contribution in [0, 0.1) is 5.82 Å². The van der Waals surface area contributed by atoms with Crippen LogP contribution in [0.3, 0.4) is 0 Å². The molecule has 3 rings (SSSR count). The lowest BCUT2D eigenvalue weighted by Crippen LogP contribution is -2.31. The molecule has 0 aliphatic rings. The third kappa shape index (κ3) is 7.74. The molecule has 0 radical (unpaired) electrons. The zero-order valence-electron chi connectivity index (χ0n) is 19.7. The van der Waals surface area contributed by atoms with Crippen molar-refractivity contribution in [1.29, 1.82) is 0 Å². The first kappa shape index (κ1) is 28.2. The summed E-state index contributed by atoms with van der Waals surface area (Å²) in [6, 6.07) is 17.1. The SMILES string of the molecule is CC(C)(C)c1ccc(CC(NS(=O)(=O)c2ccccc2F)c2cccc(NCC(=O)O)n2)cc1.Cl. The molecule has 1 heterocycles. The maximum Gasteiger partial charge on any atom is 0.322 e. The quantitative estimate of drug-likeness (QED) is 0.376. The number of rotatable bonds is 9. The molecule has 2 aromatic carbocycles. The summed E-state index contributed by atoms with van der Waals surface area (Å²) in [5.74, 6) is -1.62. The van der Waals surface area contributed by atoms with Crippen LogP contribution in [-0.4, -0.2) is 31.0 Å². The fourth-order valence-corrected chi connectivity index (χ4v) is 4.69. The number of aliphatic carboxylic acids is 1. The van der Waals surface area contributed by atoms with Crippen molar-refractivity contribution in [3.63, 3.8) is 0 Å². The minimum absolute atomic E-state index is 0. The lowest BCUT2D eigenvalue weighted by atomic mass is 9.86. The highest BCUT2D eigenvalue weighted by Crippen LogP contribution is 2.26. The van der Waals surface area contributed by atoms with Crippen molar-refractivity contribution in [2.45, 2.75) is 43.5 Å². The predicted molar refractivity (Wildman–Crippen MR) is 136 cm³/mol. The van der Waals surface area contributed by atoms with Crippen molar-refractivity contribution in [1.82, 2.24) is 9.71 Å². The number of sulfonamides is 1. The van der Waals surface area contributed by atoms with E-state index in [-0.39, 0.29) is 36.6 Å². The molecule has 1 aromatic heterocycles. The standard InChI is InChI=1S/C25H28FN3O4S.ClH/c1-25(2,3)18-13-11-17(12-14-18)15-21(20-8-6-10-23(28-20)27-16-24(30)31)29-34(32,33)22-9-5-4-7-19(22)26;/h4-14,21,29H,15-16H2,1-3H3,(H,27,28)(H,30,31);1H. The second kappa shape index (κ2) is 11.6. The maximum absolute atomic E-state index is 14.3. The van der Waals surface area contributed by atoms with E-state index in [2.05, 4.69) is 35.8 Å². The van der Waals surface area contributed by atoms with Gasteiger partial charge < -0.3 is 10.4 Å². The highest BCUT2D eigenvalue weighted by molar-refractivity contribution is 7.89. The third-order valence-electron chi connectivity index (χ3n) is 5.23. The molecule has 0 aliphatic heterocycles. The van der Waals surface area contributed by atoms with Crippen molar-refractivity contribution >= 4 is 34.2 Å². The Labute approximate surface area is 211 Å². The van der Waals surface area contributed by atoms with E-state index >= 15 is 0 Å². The molecule has 0 fully saturated rings. The highest BCUT2D eigenvalue weighted by atomic mass is 35.5. The molecule has 1 unspecified atom stereocenters. The van der Waals surface area contributed by atoms with E-state index in [9.17, 15) is 17.6 Å². The van der Waals surface area contributed by atoms with Gasteiger partial charge in [0.2, 0.25) is 10.0 Å². The summed E-state index contributed by atoms with van der Waals surface area (Å²) in [6.07, 6.45) is 0.257. The van der Waals surface area contributed by atoms with Gasteiger partial charge >= 0.3 is 5.97 Å². The van der Waals surface area contributed by atoms with Crippen LogP contribution in [0.1, 0.15) is 43.6 Å². The molecule has 0 amide bonds. The number of aromatic nitrogens is 1. The monoisotopic (exact) mass is 521 g/mol. The minimum atomic E-state index is -4.21. The summed E-state index contributed by atoms with van der Waals surface area (Å²) in [6.45, 7) is 5.98. The molecule has 0 aliphatic carbocycles. The Kier molecular flexibility index (Phi) is 9.37. The van der Waals surface area contributed by atoms with Crippen molar-refractivity contribution in [2.24, 2.45) is 0 Å². The second-order valence-corrected chi connectivity index (χ2v) is 10.6. The summed E-state index contributed by atoms with van der Waals surface area (Å²) in [5.41, 5.74) is 2.34. The molecule has 7 nitrogen and oxygen atoms in total. The largest absolute Gasteiger partial charge is 0.480 e. The van der Waals surface area contributed by atoms with Gasteiger partial charge in [0.1, 0.15) is 23.1 Å². The molecule has 0 bridgehead atoms. The number of benzene rings is 2. The number of halogens is 2. The molecule has 3 N–H and O–H groups in total. The van der Waals surface area contributed by atoms with Gasteiger partial charge in [-0.3, -0.25) is 4.79 Å². The summed E-state index contributed by atoms with van der Waals surface area (Å²) in [4.78, 5) is 14.8. The smallest absolute Gasteiger partial charge is 0.322 e. The Balaban J connectivity index is 0.00000432. The van der Waals surface area contributed by atoms with Gasteiger partial charge in [-0.05, 0) is 47.2 Å². The summed E-state index contributed by atoms with van der Waals surface area (Å²) < 4.78 is 42.9. The van der Waals surface area contributed by atoms with E-state index < -0.39 is 32.7 Å². The van der Waals surface area contributed by atoms with Crippen molar-refractivity contribution < 1.29 is 22.7 Å². The normalized spacial score (nSPS) is 12.5. The molecule has 1 atom stereocenters. The maximum atomic E-state index is 14.3. The van der Waals surface area contributed by atoms with E-state index in [1.54, 1.807) is 18.2 Å². The predicted octanol–water partition coefficient (Wildman–Crippen LogP) is 4.70. The Morgan fingerprint density at radius 3 is 2.29 bits per heavy atom. The fraction of sp³-hybridized carbons (Fsp3) is 0.280. The third-order valence-corrected chi connectivity index (χ3v) is 6.74. The van der Waals surface area contributed by atoms with Gasteiger partial charge in [-0.15, -0.1) is 12.4 Å². The van der Waals surface area contributed by atoms with Crippen LogP contribution in [0.4, 0.5) is 10.2 Å². The van der Waals surface area contributed by atoms with Crippen LogP contribution < -0.4 is 10.0 Å². The summed E-state index contributed by atoms with van der Waals surface area (Å²) >= 11 is 0. The highest BCUT2D eigenvalue weighted by Gasteiger charge is 2.25. The molecular weight excluding hydrogens is 493 g/mol. The first-order valence-corrected chi connectivity index (χ1v) is 12.2. The van der Waals surface area contributed by atoms with Crippen molar-refractivity contribution in [2.75, 3.05) is 11.9 Å². The lowest BCUT2D eigenvalue weighted by Gasteiger charge is -2.21. The van der Waals surface area contributed by atoms with Gasteiger partial charge in [0.05, 0.1) is 11.7 Å². The molecule has 10 heteroatoms.